The molecule has 1 aliphatic rings. The highest BCUT2D eigenvalue weighted by atomic mass is 127. The summed E-state index contributed by atoms with van der Waals surface area (Å²) in [7, 11) is -2.11. The van der Waals surface area contributed by atoms with E-state index in [0.717, 1.165) is 16.9 Å². The molecule has 0 saturated carbocycles. The lowest BCUT2D eigenvalue weighted by atomic mass is 10.1. The quantitative estimate of drug-likeness (QED) is 0.135. The average Bonchev–Trinajstić information content (AvgIpc) is 3.34. The number of pyridine rings is 1. The Morgan fingerprint density at radius 3 is 2.67 bits per heavy atom. The van der Waals surface area contributed by atoms with E-state index < -0.39 is 27.3 Å². The van der Waals surface area contributed by atoms with Crippen LogP contribution in [0.25, 0.3) is 0 Å². The van der Waals surface area contributed by atoms with Gasteiger partial charge in [-0.25, -0.2) is 18.3 Å². The fourth-order valence-corrected chi connectivity index (χ4v) is 5.52. The van der Waals surface area contributed by atoms with Crippen molar-refractivity contribution in [2.45, 2.75) is 6.42 Å². The molecule has 1 aliphatic heterocycles. The number of ether oxygens (including phenoxy) is 2. The molecule has 40 heavy (non-hydrogen) atoms. The van der Waals surface area contributed by atoms with E-state index in [2.05, 4.69) is 17.4 Å². The summed E-state index contributed by atoms with van der Waals surface area (Å²) >= 11 is 1.96. The fourth-order valence-electron chi connectivity index (χ4n) is 4.11. The van der Waals surface area contributed by atoms with Crippen molar-refractivity contribution in [2.75, 3.05) is 35.6 Å². The molecule has 3 aromatic rings. The second-order valence-electron chi connectivity index (χ2n) is 8.64. The largest absolute Gasteiger partial charge is 0.499 e. The van der Waals surface area contributed by atoms with Gasteiger partial charge < -0.3 is 14.8 Å². The van der Waals surface area contributed by atoms with Crippen LogP contribution < -0.4 is 25.4 Å². The second-order valence-corrected chi connectivity index (χ2v) is 11.8. The molecule has 2 aromatic carbocycles. The van der Waals surface area contributed by atoms with Gasteiger partial charge in [-0.3, -0.25) is 23.3 Å². The van der Waals surface area contributed by atoms with Crippen molar-refractivity contribution in [3.63, 3.8) is 0 Å². The van der Waals surface area contributed by atoms with Crippen LogP contribution in [0, 0.1) is 9.39 Å². The van der Waals surface area contributed by atoms with Crippen LogP contribution in [0.1, 0.15) is 15.9 Å². The van der Waals surface area contributed by atoms with Gasteiger partial charge in [-0.05, 0) is 59.3 Å². The number of hydrogen-bond donors (Lipinski definition) is 2. The number of fused-ring (bicyclic) bond motifs is 1. The number of sulfonamides is 1. The summed E-state index contributed by atoms with van der Waals surface area (Å²) < 4.78 is 53.4. The highest BCUT2D eigenvalue weighted by Gasteiger charge is 2.30. The number of carbonyl (C=O) groups excluding carboxylic acids is 1. The zero-order valence-corrected chi connectivity index (χ0v) is 24.5. The number of nitrogens with one attached hydrogen (secondary N) is 2. The van der Waals surface area contributed by atoms with Crippen molar-refractivity contribution in [1.29, 1.82) is 0 Å². The van der Waals surface area contributed by atoms with E-state index >= 15 is 0 Å². The molecule has 0 spiro atoms. The van der Waals surface area contributed by atoms with E-state index in [9.17, 15) is 22.4 Å². The summed E-state index contributed by atoms with van der Waals surface area (Å²) in [6.07, 6.45) is 2.70. The lowest BCUT2D eigenvalue weighted by Gasteiger charge is -2.20. The number of aromatic nitrogens is 1. The van der Waals surface area contributed by atoms with Gasteiger partial charge in [0.2, 0.25) is 10.0 Å². The van der Waals surface area contributed by atoms with Crippen LogP contribution in [0.5, 0.6) is 11.5 Å². The van der Waals surface area contributed by atoms with Gasteiger partial charge in [-0.15, -0.1) is 0 Å². The van der Waals surface area contributed by atoms with Crippen molar-refractivity contribution < 1.29 is 31.9 Å². The number of anilines is 3. The molecule has 0 fully saturated rings. The van der Waals surface area contributed by atoms with Gasteiger partial charge in [-0.2, -0.15) is 0 Å². The Hall–Kier alpha value is -3.63. The number of halogens is 2. The molecule has 0 bridgehead atoms. The van der Waals surface area contributed by atoms with Crippen LogP contribution in [-0.4, -0.2) is 44.9 Å². The van der Waals surface area contributed by atoms with Gasteiger partial charge in [-0.1, -0.05) is 12.6 Å². The monoisotopic (exact) mass is 684 g/mol. The molecule has 14 heteroatoms. The summed E-state index contributed by atoms with van der Waals surface area (Å²) in [6.45, 7) is 3.75. The van der Waals surface area contributed by atoms with Gasteiger partial charge in [0.1, 0.15) is 41.9 Å². The van der Waals surface area contributed by atoms with E-state index in [0.29, 0.717) is 21.2 Å². The molecule has 2 heterocycles. The average molecular weight is 684 g/mol. The fraction of sp³-hybridized carbons (Fsp3) is 0.231. The normalized spacial score (nSPS) is 12.6. The van der Waals surface area contributed by atoms with Crippen LogP contribution in [0.3, 0.4) is 0 Å². The van der Waals surface area contributed by atoms with Gasteiger partial charge in [0.15, 0.2) is 0 Å². The number of amides is 1. The van der Waals surface area contributed by atoms with E-state index in [-0.39, 0.29) is 48.3 Å². The molecule has 0 aliphatic carbocycles. The Bertz CT molecular complexity index is 1630. The van der Waals surface area contributed by atoms with E-state index in [1.54, 1.807) is 24.3 Å². The van der Waals surface area contributed by atoms with E-state index in [1.165, 1.54) is 29.7 Å². The van der Waals surface area contributed by atoms with Crippen molar-refractivity contribution in [3.8, 4) is 11.5 Å². The summed E-state index contributed by atoms with van der Waals surface area (Å²) in [5.74, 6) is -1.33. The third-order valence-corrected chi connectivity index (χ3v) is 7.81. The lowest BCUT2D eigenvalue weighted by Crippen LogP contribution is -2.30. The Balaban J connectivity index is 1.79. The Labute approximate surface area is 243 Å². The molecule has 0 unspecified atom stereocenters. The minimum Gasteiger partial charge on any atom is -0.499 e. The van der Waals surface area contributed by atoms with Crippen molar-refractivity contribution >= 4 is 55.7 Å². The molecular weight excluding hydrogens is 658 g/mol. The van der Waals surface area contributed by atoms with Crippen LogP contribution in [0.4, 0.5) is 21.6 Å². The number of rotatable bonds is 11. The first-order valence-electron chi connectivity index (χ1n) is 11.9. The van der Waals surface area contributed by atoms with Gasteiger partial charge in [0, 0.05) is 28.8 Å². The summed E-state index contributed by atoms with van der Waals surface area (Å²) in [5, 5.41) is 2.84. The maximum absolute atomic E-state index is 14.8. The van der Waals surface area contributed by atoms with Gasteiger partial charge in [0.25, 0.3) is 11.5 Å². The first-order valence-corrected chi connectivity index (χ1v) is 14.8. The highest BCUT2D eigenvalue weighted by molar-refractivity contribution is 14.1. The number of hydroxylamine groups is 1. The highest BCUT2D eigenvalue weighted by Crippen LogP contribution is 2.40. The molecule has 212 valence electrons. The minimum atomic E-state index is -3.52. The Kier molecular flexibility index (Phi) is 9.00. The molecule has 0 radical (unpaired) electrons. The smallest absolute Gasteiger partial charge is 0.282 e. The van der Waals surface area contributed by atoms with Gasteiger partial charge >= 0.3 is 0 Å². The van der Waals surface area contributed by atoms with Crippen molar-refractivity contribution in [2.24, 2.45) is 7.05 Å². The molecular formula is C26H26FIN4O7S. The Morgan fingerprint density at radius 2 is 1.98 bits per heavy atom. The predicted octanol–water partition coefficient (Wildman–Crippen LogP) is 3.81. The SMILES string of the molecule is C=COCCONC(=O)c1c(Oc2cccc3c2CCN3S(C)(=O)=O)cc(=O)n(C)c1Nc1ccc(I)cc1F. The van der Waals surface area contributed by atoms with Crippen LogP contribution in [-0.2, 0) is 33.1 Å². The predicted molar refractivity (Wildman–Crippen MR) is 156 cm³/mol. The lowest BCUT2D eigenvalue weighted by molar-refractivity contribution is 0.0143. The first kappa shape index (κ1) is 29.4. The second kappa shape index (κ2) is 12.3. The van der Waals surface area contributed by atoms with E-state index in [1.807, 2.05) is 22.6 Å². The zero-order chi connectivity index (χ0) is 29.0. The molecule has 1 amide bonds. The summed E-state index contributed by atoms with van der Waals surface area (Å²) in [4.78, 5) is 31.6. The van der Waals surface area contributed by atoms with E-state index in [4.69, 9.17) is 14.3 Å². The molecule has 1 aromatic heterocycles. The number of nitrogens with zero attached hydrogens (tertiary/aromatic N) is 2. The minimum absolute atomic E-state index is 0.0122. The number of benzene rings is 2. The summed E-state index contributed by atoms with van der Waals surface area (Å²) in [5.41, 5.74) is 2.64. The molecule has 4 rings (SSSR count). The molecule has 0 saturated heterocycles. The summed E-state index contributed by atoms with van der Waals surface area (Å²) in [6, 6.07) is 10.4. The number of hydrogen-bond acceptors (Lipinski definition) is 8. The van der Waals surface area contributed by atoms with Crippen LogP contribution >= 0.6 is 22.6 Å². The molecule has 0 atom stereocenters. The standard InChI is InChI=1S/C26H26FIN4O7S/c1-4-37-12-13-38-30-26(34)24-22(39-21-7-5-6-20-17(21)10-11-32(20)40(3,35)36)15-23(33)31(2)25(24)29-19-9-8-16(28)14-18(19)27/h4-9,14-15,29H,1,10-13H2,2-3H3,(H,30,34). The molecule has 2 N–H and O–H groups in total. The maximum Gasteiger partial charge on any atom is 0.282 e. The van der Waals surface area contributed by atoms with Crippen molar-refractivity contribution in [3.05, 3.63) is 86.2 Å². The number of carbonyl (C=O) groups is 1. The molecule has 11 nitrogen and oxygen atoms in total. The first-order chi connectivity index (χ1) is 19.0. The third kappa shape index (κ3) is 6.39. The maximum atomic E-state index is 14.8. The topological polar surface area (TPSA) is 128 Å². The van der Waals surface area contributed by atoms with Crippen molar-refractivity contribution in [1.82, 2.24) is 10.0 Å². The van der Waals surface area contributed by atoms with Crippen LogP contribution in [0.15, 0.2) is 60.1 Å². The zero-order valence-electron chi connectivity index (χ0n) is 21.6. The third-order valence-electron chi connectivity index (χ3n) is 5.96. The van der Waals surface area contributed by atoms with Gasteiger partial charge in [0.05, 0.1) is 23.9 Å². The van der Waals surface area contributed by atoms with Crippen LogP contribution in [0.2, 0.25) is 0 Å². The Morgan fingerprint density at radius 1 is 1.20 bits per heavy atom.